The monoisotopic (exact) mass is 449 g/mol. The Labute approximate surface area is 188 Å². The van der Waals surface area contributed by atoms with E-state index in [1.54, 1.807) is 17.2 Å². The molecule has 3 aromatic rings. The van der Waals surface area contributed by atoms with Crippen molar-refractivity contribution in [3.63, 3.8) is 0 Å². The second-order valence-corrected chi connectivity index (χ2v) is 8.89. The number of ether oxygens (including phenoxy) is 1. The van der Waals surface area contributed by atoms with E-state index < -0.39 is 0 Å². The molecule has 0 atom stereocenters. The topological polar surface area (TPSA) is 92.3 Å². The second-order valence-electron chi connectivity index (χ2n) is 8.89. The van der Waals surface area contributed by atoms with Crippen LogP contribution in [0.5, 0.6) is 0 Å². The van der Waals surface area contributed by atoms with Crippen LogP contribution in [0.4, 0.5) is 4.39 Å². The Hall–Kier alpha value is -3.46. The number of H-pyrrole nitrogens is 1. The van der Waals surface area contributed by atoms with E-state index in [1.807, 2.05) is 17.7 Å². The Morgan fingerprint density at radius 2 is 2.06 bits per heavy atom. The molecule has 0 radical (unpaired) electrons. The van der Waals surface area contributed by atoms with E-state index >= 15 is 0 Å². The highest BCUT2D eigenvalue weighted by molar-refractivity contribution is 6.07. The van der Waals surface area contributed by atoms with Crippen LogP contribution in [0.1, 0.15) is 41.2 Å². The zero-order valence-electron chi connectivity index (χ0n) is 18.3. The zero-order valence-corrected chi connectivity index (χ0v) is 18.3. The van der Waals surface area contributed by atoms with Gasteiger partial charge in [-0.3, -0.25) is 19.2 Å². The van der Waals surface area contributed by atoms with Crippen LogP contribution in [0.25, 0.3) is 21.8 Å². The fourth-order valence-electron chi connectivity index (χ4n) is 5.17. The third-order valence-corrected chi connectivity index (χ3v) is 6.85. The van der Waals surface area contributed by atoms with E-state index in [0.29, 0.717) is 48.5 Å². The van der Waals surface area contributed by atoms with Gasteiger partial charge in [0.25, 0.3) is 11.5 Å². The van der Waals surface area contributed by atoms with Gasteiger partial charge in [-0.1, -0.05) is 0 Å². The molecule has 3 aliphatic rings. The molecule has 5 heterocycles. The number of fused-ring (bicyclic) bond motifs is 3. The summed E-state index contributed by atoms with van der Waals surface area (Å²) in [4.78, 5) is 30.9. The third kappa shape index (κ3) is 3.18. The minimum absolute atomic E-state index is 0.0841. The molecule has 2 aromatic heterocycles. The number of rotatable bonds is 2. The number of allylic oxidation sites excluding steroid dienone is 1. The van der Waals surface area contributed by atoms with Gasteiger partial charge in [0.1, 0.15) is 11.6 Å². The predicted octanol–water partition coefficient (Wildman–Crippen LogP) is 3.05. The van der Waals surface area contributed by atoms with Crippen molar-refractivity contribution < 1.29 is 13.9 Å². The molecule has 0 unspecified atom stereocenters. The number of aromatic nitrogens is 3. The number of dihydropyridines is 1. The van der Waals surface area contributed by atoms with Crippen LogP contribution >= 0.6 is 0 Å². The lowest BCUT2D eigenvalue weighted by molar-refractivity contribution is 0.0675. The number of aryl methyl sites for hydroxylation is 1. The van der Waals surface area contributed by atoms with Crippen molar-refractivity contribution in [1.29, 1.82) is 0 Å². The number of carbonyl (C=O) groups excluding carboxylic acids is 1. The SMILES string of the molecule is Cc1cc2c(cc1C(=O)N1CCC3=C1NCC(F)=C3)[nH]c(=O)c1cnn(C3CCOCC3)c12. The number of nitrogens with zero attached hydrogens (tertiary/aromatic N) is 3. The quantitative estimate of drug-likeness (QED) is 0.628. The number of hydrogen-bond donors (Lipinski definition) is 2. The van der Waals surface area contributed by atoms with Crippen molar-refractivity contribution in [1.82, 2.24) is 25.0 Å². The van der Waals surface area contributed by atoms with Gasteiger partial charge in [-0.25, -0.2) is 4.39 Å². The molecule has 1 saturated heterocycles. The van der Waals surface area contributed by atoms with Crippen LogP contribution in [0.2, 0.25) is 0 Å². The van der Waals surface area contributed by atoms with Gasteiger partial charge in [0.2, 0.25) is 0 Å². The molecule has 0 aliphatic carbocycles. The molecule has 170 valence electrons. The van der Waals surface area contributed by atoms with Crippen molar-refractivity contribution in [2.24, 2.45) is 0 Å². The summed E-state index contributed by atoms with van der Waals surface area (Å²) in [5.41, 5.74) is 3.31. The lowest BCUT2D eigenvalue weighted by Gasteiger charge is -2.24. The molecular weight excluding hydrogens is 425 g/mol. The number of aromatic amines is 1. The molecule has 3 aliphatic heterocycles. The summed E-state index contributed by atoms with van der Waals surface area (Å²) in [6.07, 6.45) is 5.43. The first-order chi connectivity index (χ1) is 16.0. The van der Waals surface area contributed by atoms with E-state index in [4.69, 9.17) is 4.74 Å². The average molecular weight is 449 g/mol. The first kappa shape index (κ1) is 20.2. The molecule has 0 saturated carbocycles. The van der Waals surface area contributed by atoms with Gasteiger partial charge in [-0.2, -0.15) is 5.10 Å². The smallest absolute Gasteiger partial charge is 0.259 e. The molecule has 6 rings (SSSR count). The number of pyridine rings is 1. The van der Waals surface area contributed by atoms with E-state index in [1.165, 1.54) is 6.08 Å². The fourth-order valence-corrected chi connectivity index (χ4v) is 5.17. The molecule has 33 heavy (non-hydrogen) atoms. The predicted molar refractivity (Wildman–Crippen MR) is 122 cm³/mol. The van der Waals surface area contributed by atoms with Crippen molar-refractivity contribution in [2.45, 2.75) is 32.2 Å². The lowest BCUT2D eigenvalue weighted by atomic mass is 10.0. The zero-order chi connectivity index (χ0) is 22.7. The minimum atomic E-state index is -0.229. The molecule has 1 amide bonds. The Balaban J connectivity index is 1.46. The summed E-state index contributed by atoms with van der Waals surface area (Å²) < 4.78 is 21.1. The number of halogens is 1. The van der Waals surface area contributed by atoms with Crippen molar-refractivity contribution in [2.75, 3.05) is 26.3 Å². The Morgan fingerprint density at radius 3 is 2.88 bits per heavy atom. The average Bonchev–Trinajstić information content (AvgIpc) is 3.44. The molecule has 0 bridgehead atoms. The van der Waals surface area contributed by atoms with Gasteiger partial charge in [0.05, 0.1) is 35.2 Å². The molecule has 9 heteroatoms. The van der Waals surface area contributed by atoms with Crippen LogP contribution < -0.4 is 10.9 Å². The molecule has 1 aromatic carbocycles. The van der Waals surface area contributed by atoms with Gasteiger partial charge in [-0.15, -0.1) is 0 Å². The normalized spacial score (nSPS) is 19.2. The number of hydrogen-bond acceptors (Lipinski definition) is 5. The lowest BCUT2D eigenvalue weighted by Crippen LogP contribution is -2.36. The Bertz CT molecular complexity index is 1430. The van der Waals surface area contributed by atoms with Gasteiger partial charge in [-0.05, 0) is 55.5 Å². The first-order valence-corrected chi connectivity index (χ1v) is 11.3. The molecule has 1 fully saturated rings. The summed E-state index contributed by atoms with van der Waals surface area (Å²) >= 11 is 0. The Kier molecular flexibility index (Phi) is 4.62. The van der Waals surface area contributed by atoms with Crippen LogP contribution in [0.3, 0.4) is 0 Å². The van der Waals surface area contributed by atoms with Gasteiger partial charge in [0.15, 0.2) is 0 Å². The molecule has 0 spiro atoms. The van der Waals surface area contributed by atoms with Crippen LogP contribution in [0, 0.1) is 6.92 Å². The summed E-state index contributed by atoms with van der Waals surface area (Å²) in [7, 11) is 0. The van der Waals surface area contributed by atoms with Crippen molar-refractivity contribution in [3.8, 4) is 0 Å². The van der Waals surface area contributed by atoms with Crippen LogP contribution in [0.15, 0.2) is 46.4 Å². The highest BCUT2D eigenvalue weighted by Crippen LogP contribution is 2.32. The van der Waals surface area contributed by atoms with Crippen molar-refractivity contribution in [3.05, 3.63) is 63.1 Å². The van der Waals surface area contributed by atoms with Crippen LogP contribution in [-0.4, -0.2) is 51.9 Å². The van der Waals surface area contributed by atoms with E-state index in [0.717, 1.165) is 34.9 Å². The number of carbonyl (C=O) groups is 1. The highest BCUT2D eigenvalue weighted by Gasteiger charge is 2.31. The van der Waals surface area contributed by atoms with Crippen molar-refractivity contribution >= 4 is 27.7 Å². The molecule has 8 nitrogen and oxygen atoms in total. The Morgan fingerprint density at radius 1 is 1.24 bits per heavy atom. The van der Waals surface area contributed by atoms with Crippen LogP contribution in [-0.2, 0) is 4.74 Å². The van der Waals surface area contributed by atoms with E-state index in [9.17, 15) is 14.0 Å². The third-order valence-electron chi connectivity index (χ3n) is 6.85. The number of nitrogens with one attached hydrogen (secondary N) is 2. The number of benzene rings is 1. The van der Waals surface area contributed by atoms with Gasteiger partial charge >= 0.3 is 0 Å². The summed E-state index contributed by atoms with van der Waals surface area (Å²) in [5, 5.41) is 8.98. The maximum Gasteiger partial charge on any atom is 0.259 e. The van der Waals surface area contributed by atoms with Gasteiger partial charge < -0.3 is 15.0 Å². The number of amides is 1. The largest absolute Gasteiger partial charge is 0.381 e. The minimum Gasteiger partial charge on any atom is -0.381 e. The van der Waals surface area contributed by atoms with E-state index in [2.05, 4.69) is 15.4 Å². The standard InChI is InChI=1S/C24H24FN5O3/c1-13-8-18-20(10-17(13)24(32)29-5-2-14-9-15(25)11-26-22(14)29)28-23(31)19-12-27-30(21(18)19)16-3-6-33-7-4-16/h8-10,12,16,26H,2-7,11H2,1H3,(H,28,31). The molecule has 2 N–H and O–H groups in total. The van der Waals surface area contributed by atoms with E-state index in [-0.39, 0.29) is 29.9 Å². The maximum atomic E-state index is 13.6. The molecular formula is C24H24FN5O3. The first-order valence-electron chi connectivity index (χ1n) is 11.3. The second kappa shape index (κ2) is 7.55. The summed E-state index contributed by atoms with van der Waals surface area (Å²) in [6, 6.07) is 3.88. The summed E-state index contributed by atoms with van der Waals surface area (Å²) in [5.74, 6) is 0.275. The summed E-state index contributed by atoms with van der Waals surface area (Å²) in [6.45, 7) is 3.82. The van der Waals surface area contributed by atoms with Gasteiger partial charge in [0, 0.05) is 30.7 Å². The fraction of sp³-hybridized carbons (Fsp3) is 0.375. The highest BCUT2D eigenvalue weighted by atomic mass is 19.1. The maximum absolute atomic E-state index is 13.6.